The van der Waals surface area contributed by atoms with Crippen molar-refractivity contribution in [3.8, 4) is 0 Å². The summed E-state index contributed by atoms with van der Waals surface area (Å²) in [7, 11) is 1.88. The van der Waals surface area contributed by atoms with E-state index < -0.39 is 6.10 Å². The lowest BCUT2D eigenvalue weighted by Gasteiger charge is -2.05. The number of aliphatic hydroxyl groups is 1. The van der Waals surface area contributed by atoms with E-state index in [0.717, 1.165) is 15.0 Å². The number of hydrogen-bond acceptors (Lipinski definition) is 3. The van der Waals surface area contributed by atoms with Crippen LogP contribution in [0.15, 0.2) is 22.8 Å². The average Bonchev–Trinajstić information content (AvgIpc) is 2.75. The first-order chi connectivity index (χ1) is 7.56. The number of aromatic nitrogens is 2. The lowest BCUT2D eigenvalue weighted by atomic mass is 10.2. The summed E-state index contributed by atoms with van der Waals surface area (Å²) in [6.45, 7) is 2.03. The van der Waals surface area contributed by atoms with Crippen molar-refractivity contribution in [1.82, 2.24) is 9.78 Å². The van der Waals surface area contributed by atoms with Gasteiger partial charge in [0.05, 0.1) is 11.8 Å². The molecule has 2 rings (SSSR count). The number of hydrogen-bond donors (Lipinski definition) is 1. The lowest BCUT2D eigenvalue weighted by molar-refractivity contribution is 0.181. The summed E-state index contributed by atoms with van der Waals surface area (Å²) in [5.41, 5.74) is 0.914. The molecule has 2 heterocycles. The Balaban J connectivity index is 2.11. The number of nitrogens with zero attached hydrogens (tertiary/aromatic N) is 2. The third-order valence-corrected chi connectivity index (χ3v) is 4.61. The van der Waals surface area contributed by atoms with E-state index in [1.807, 2.05) is 32.3 Å². The van der Waals surface area contributed by atoms with Gasteiger partial charge in [-0.1, -0.05) is 0 Å². The standard InChI is InChI=1S/C11H13BrN2OS/c1-7-9(12)6-11(16-7)10(15)5-8-3-4-14(2)13-8/h3-4,6,10,15H,5H2,1-2H3. The number of aliphatic hydroxyl groups excluding tert-OH is 1. The van der Waals surface area contributed by atoms with Gasteiger partial charge < -0.3 is 5.11 Å². The molecule has 0 bridgehead atoms. The fourth-order valence-electron chi connectivity index (χ4n) is 1.52. The highest BCUT2D eigenvalue weighted by Gasteiger charge is 2.14. The second-order valence-electron chi connectivity index (χ2n) is 3.75. The predicted molar refractivity (Wildman–Crippen MR) is 68.6 cm³/mol. The first-order valence-corrected chi connectivity index (χ1v) is 6.59. The second kappa shape index (κ2) is 4.69. The minimum absolute atomic E-state index is 0.468. The molecule has 0 saturated heterocycles. The first kappa shape index (κ1) is 11.8. The van der Waals surface area contributed by atoms with E-state index in [1.54, 1.807) is 16.0 Å². The highest BCUT2D eigenvalue weighted by Crippen LogP contribution is 2.31. The van der Waals surface area contributed by atoms with Crippen LogP contribution in [-0.2, 0) is 13.5 Å². The predicted octanol–water partition coefficient (Wildman–Crippen LogP) is 2.83. The summed E-state index contributed by atoms with van der Waals surface area (Å²) in [5.74, 6) is 0. The molecular weight excluding hydrogens is 288 g/mol. The van der Waals surface area contributed by atoms with E-state index in [4.69, 9.17) is 0 Å². The van der Waals surface area contributed by atoms with Gasteiger partial charge >= 0.3 is 0 Å². The number of rotatable bonds is 3. The van der Waals surface area contributed by atoms with Crippen molar-refractivity contribution >= 4 is 27.3 Å². The lowest BCUT2D eigenvalue weighted by Crippen LogP contribution is -2.01. The summed E-state index contributed by atoms with van der Waals surface area (Å²) >= 11 is 5.07. The number of halogens is 1. The van der Waals surface area contributed by atoms with Gasteiger partial charge in [-0.25, -0.2) is 0 Å². The van der Waals surface area contributed by atoms with Crippen LogP contribution in [0, 0.1) is 6.92 Å². The zero-order valence-corrected chi connectivity index (χ0v) is 11.5. The molecule has 3 nitrogen and oxygen atoms in total. The Hall–Kier alpha value is -0.650. The molecule has 0 aliphatic rings. The maximum absolute atomic E-state index is 10.1. The highest BCUT2D eigenvalue weighted by atomic mass is 79.9. The van der Waals surface area contributed by atoms with Crippen LogP contribution in [-0.4, -0.2) is 14.9 Å². The molecule has 0 aliphatic heterocycles. The van der Waals surface area contributed by atoms with E-state index in [1.165, 1.54) is 4.88 Å². The molecule has 1 atom stereocenters. The van der Waals surface area contributed by atoms with Crippen molar-refractivity contribution in [1.29, 1.82) is 0 Å². The maximum Gasteiger partial charge on any atom is 0.0938 e. The zero-order valence-electron chi connectivity index (χ0n) is 9.14. The van der Waals surface area contributed by atoms with Crippen molar-refractivity contribution in [2.45, 2.75) is 19.4 Å². The van der Waals surface area contributed by atoms with E-state index in [0.29, 0.717) is 6.42 Å². The number of thiophene rings is 1. The monoisotopic (exact) mass is 300 g/mol. The van der Waals surface area contributed by atoms with Gasteiger partial charge in [-0.3, -0.25) is 4.68 Å². The second-order valence-corrected chi connectivity index (χ2v) is 5.90. The molecule has 2 aromatic heterocycles. The van der Waals surface area contributed by atoms with Crippen LogP contribution in [0.3, 0.4) is 0 Å². The molecule has 0 aromatic carbocycles. The average molecular weight is 301 g/mol. The quantitative estimate of drug-likeness (QED) is 0.946. The molecule has 1 N–H and O–H groups in total. The van der Waals surface area contributed by atoms with Crippen LogP contribution in [0.4, 0.5) is 0 Å². The largest absolute Gasteiger partial charge is 0.387 e. The SMILES string of the molecule is Cc1sc(C(O)Cc2ccn(C)n2)cc1Br. The summed E-state index contributed by atoms with van der Waals surface area (Å²) < 4.78 is 2.81. The van der Waals surface area contributed by atoms with Crippen LogP contribution < -0.4 is 0 Å². The fraction of sp³-hybridized carbons (Fsp3) is 0.364. The van der Waals surface area contributed by atoms with Gasteiger partial charge in [0.1, 0.15) is 0 Å². The molecule has 0 saturated carbocycles. The summed E-state index contributed by atoms with van der Waals surface area (Å²) in [5, 5.41) is 14.3. The van der Waals surface area contributed by atoms with E-state index in [-0.39, 0.29) is 0 Å². The molecule has 2 aromatic rings. The zero-order chi connectivity index (χ0) is 11.7. The Morgan fingerprint density at radius 2 is 2.38 bits per heavy atom. The highest BCUT2D eigenvalue weighted by molar-refractivity contribution is 9.10. The summed E-state index contributed by atoms with van der Waals surface area (Å²) in [4.78, 5) is 2.17. The third kappa shape index (κ3) is 2.53. The summed E-state index contributed by atoms with van der Waals surface area (Å²) in [6, 6.07) is 3.91. The minimum Gasteiger partial charge on any atom is -0.387 e. The van der Waals surface area contributed by atoms with Crippen LogP contribution in [0.5, 0.6) is 0 Å². The van der Waals surface area contributed by atoms with Crippen molar-refractivity contribution in [2.24, 2.45) is 7.05 Å². The normalized spacial score (nSPS) is 13.0. The van der Waals surface area contributed by atoms with Gasteiger partial charge in [-0.05, 0) is 35.0 Å². The Morgan fingerprint density at radius 3 is 2.88 bits per heavy atom. The molecule has 0 amide bonds. The van der Waals surface area contributed by atoms with E-state index in [2.05, 4.69) is 21.0 Å². The smallest absolute Gasteiger partial charge is 0.0938 e. The van der Waals surface area contributed by atoms with Crippen molar-refractivity contribution in [2.75, 3.05) is 0 Å². The van der Waals surface area contributed by atoms with Crippen LogP contribution in [0.25, 0.3) is 0 Å². The Kier molecular flexibility index (Phi) is 3.47. The topological polar surface area (TPSA) is 38.0 Å². The van der Waals surface area contributed by atoms with Crippen molar-refractivity contribution in [3.05, 3.63) is 38.3 Å². The molecule has 16 heavy (non-hydrogen) atoms. The Morgan fingerprint density at radius 1 is 1.62 bits per heavy atom. The molecule has 0 aliphatic carbocycles. The summed E-state index contributed by atoms with van der Waals surface area (Å²) in [6.07, 6.45) is 1.98. The molecule has 86 valence electrons. The van der Waals surface area contributed by atoms with Gasteiger partial charge in [-0.15, -0.1) is 11.3 Å². The molecule has 5 heteroatoms. The van der Waals surface area contributed by atoms with Crippen LogP contribution in [0.1, 0.15) is 21.6 Å². The van der Waals surface area contributed by atoms with Crippen LogP contribution in [0.2, 0.25) is 0 Å². The first-order valence-electron chi connectivity index (χ1n) is 4.98. The van der Waals surface area contributed by atoms with Gasteiger partial charge in [0.15, 0.2) is 0 Å². The van der Waals surface area contributed by atoms with Gasteiger partial charge in [-0.2, -0.15) is 5.10 Å². The van der Waals surface area contributed by atoms with Gasteiger partial charge in [0.2, 0.25) is 0 Å². The third-order valence-electron chi connectivity index (χ3n) is 2.38. The Labute approximate surface area is 107 Å². The van der Waals surface area contributed by atoms with Gasteiger partial charge in [0.25, 0.3) is 0 Å². The van der Waals surface area contributed by atoms with Crippen molar-refractivity contribution < 1.29 is 5.11 Å². The Bertz CT molecular complexity index is 472. The van der Waals surface area contributed by atoms with E-state index in [9.17, 15) is 5.11 Å². The molecule has 0 radical (unpaired) electrons. The minimum atomic E-state index is -0.468. The van der Waals surface area contributed by atoms with Crippen LogP contribution >= 0.6 is 27.3 Å². The molecule has 0 fully saturated rings. The van der Waals surface area contributed by atoms with Crippen molar-refractivity contribution in [3.63, 3.8) is 0 Å². The molecule has 0 spiro atoms. The van der Waals surface area contributed by atoms with E-state index >= 15 is 0 Å². The maximum atomic E-state index is 10.1. The van der Waals surface area contributed by atoms with Gasteiger partial charge in [0, 0.05) is 33.9 Å². The molecule has 1 unspecified atom stereocenters. The fourth-order valence-corrected chi connectivity index (χ4v) is 3.06. The molecular formula is C11H13BrN2OS. The number of aryl methyl sites for hydroxylation is 2.